The maximum absolute atomic E-state index is 14.1. The molecule has 49 heavy (non-hydrogen) atoms. The number of rotatable bonds is 13. The summed E-state index contributed by atoms with van der Waals surface area (Å²) < 4.78 is 34.3. The molecule has 0 spiro atoms. The van der Waals surface area contributed by atoms with Crippen LogP contribution < -0.4 is 10.1 Å². The van der Waals surface area contributed by atoms with Gasteiger partial charge in [0.1, 0.15) is 16.7 Å². The van der Waals surface area contributed by atoms with E-state index in [4.69, 9.17) is 22.1 Å². The first-order valence-electron chi connectivity index (χ1n) is 16.0. The molecule has 0 unspecified atom stereocenters. The number of nitrogens with zero attached hydrogens (tertiary/aromatic N) is 3. The van der Waals surface area contributed by atoms with E-state index in [1.807, 2.05) is 0 Å². The van der Waals surface area contributed by atoms with Crippen LogP contribution in [0.15, 0.2) is 65.6 Å². The summed E-state index contributed by atoms with van der Waals surface area (Å²) in [5.74, 6) is -2.55. The number of ether oxygens (including phenoxy) is 1. The highest BCUT2D eigenvalue weighted by atomic mass is 32.2. The van der Waals surface area contributed by atoms with E-state index in [0.29, 0.717) is 49.9 Å². The number of thioether (sulfide) groups is 1. The predicted molar refractivity (Wildman–Crippen MR) is 192 cm³/mol. The van der Waals surface area contributed by atoms with Crippen LogP contribution >= 0.6 is 24.0 Å². The van der Waals surface area contributed by atoms with Crippen molar-refractivity contribution in [3.63, 3.8) is 0 Å². The van der Waals surface area contributed by atoms with E-state index >= 15 is 0 Å². The molecule has 2 heterocycles. The van der Waals surface area contributed by atoms with Gasteiger partial charge >= 0.3 is 5.97 Å². The maximum atomic E-state index is 14.1. The molecule has 2 amide bonds. The van der Waals surface area contributed by atoms with Crippen LogP contribution in [-0.4, -0.2) is 94.3 Å². The SMILES string of the molecule is CC(C)CN1CCN(CCOc2ccc(-c3ccc(F)c(F)c3)cc2/C=C2\SC(=S)N(CCC(=O)Nc3ccc(C(=O)O)cc3)C2=O)CC1. The molecule has 258 valence electrons. The van der Waals surface area contributed by atoms with E-state index < -0.39 is 17.6 Å². The Kier molecular flexibility index (Phi) is 12.2. The number of hydrogen-bond acceptors (Lipinski definition) is 8. The van der Waals surface area contributed by atoms with Gasteiger partial charge < -0.3 is 20.1 Å². The number of carboxylic acid groups (broad SMARTS) is 1. The minimum Gasteiger partial charge on any atom is -0.492 e. The van der Waals surface area contributed by atoms with Crippen LogP contribution in [0.4, 0.5) is 14.5 Å². The van der Waals surface area contributed by atoms with Crippen molar-refractivity contribution < 1.29 is 33.0 Å². The number of hydrogen-bond donors (Lipinski definition) is 2. The van der Waals surface area contributed by atoms with E-state index in [0.717, 1.165) is 63.2 Å². The van der Waals surface area contributed by atoms with Crippen molar-refractivity contribution in [3.05, 3.63) is 88.3 Å². The summed E-state index contributed by atoms with van der Waals surface area (Å²) in [7, 11) is 0. The number of piperazine rings is 1. The first-order valence-corrected chi connectivity index (χ1v) is 17.2. The number of anilines is 1. The largest absolute Gasteiger partial charge is 0.492 e. The van der Waals surface area contributed by atoms with Crippen LogP contribution in [0.25, 0.3) is 17.2 Å². The second-order valence-corrected chi connectivity index (χ2v) is 14.0. The summed E-state index contributed by atoms with van der Waals surface area (Å²) >= 11 is 6.59. The Balaban J connectivity index is 1.27. The Hall–Kier alpha value is -4.17. The van der Waals surface area contributed by atoms with Crippen molar-refractivity contribution in [2.24, 2.45) is 5.92 Å². The smallest absolute Gasteiger partial charge is 0.335 e. The van der Waals surface area contributed by atoms with Crippen LogP contribution in [0.1, 0.15) is 36.2 Å². The van der Waals surface area contributed by atoms with Gasteiger partial charge in [0.05, 0.1) is 10.5 Å². The zero-order chi connectivity index (χ0) is 35.1. The maximum Gasteiger partial charge on any atom is 0.335 e. The van der Waals surface area contributed by atoms with Gasteiger partial charge in [-0.25, -0.2) is 13.6 Å². The first kappa shape index (κ1) is 36.1. The van der Waals surface area contributed by atoms with Crippen molar-refractivity contribution in [1.29, 1.82) is 0 Å². The van der Waals surface area contributed by atoms with Gasteiger partial charge in [-0.1, -0.05) is 50.0 Å². The topological polar surface area (TPSA) is 102 Å². The van der Waals surface area contributed by atoms with E-state index in [1.165, 1.54) is 35.2 Å². The quantitative estimate of drug-likeness (QED) is 0.159. The van der Waals surface area contributed by atoms with Gasteiger partial charge in [0.2, 0.25) is 5.91 Å². The predicted octanol–water partition coefficient (Wildman–Crippen LogP) is 6.21. The normalized spacial score (nSPS) is 16.5. The van der Waals surface area contributed by atoms with Crippen molar-refractivity contribution in [1.82, 2.24) is 14.7 Å². The lowest BCUT2D eigenvalue weighted by Crippen LogP contribution is -2.48. The number of carbonyl (C=O) groups excluding carboxylic acids is 2. The summed E-state index contributed by atoms with van der Waals surface area (Å²) in [6.07, 6.45) is 1.64. The number of thiocarbonyl (C=S) groups is 1. The van der Waals surface area contributed by atoms with Crippen LogP contribution in [0.2, 0.25) is 0 Å². The third kappa shape index (κ3) is 9.72. The molecule has 0 bridgehead atoms. The fraction of sp³-hybridized carbons (Fsp3) is 0.333. The van der Waals surface area contributed by atoms with Crippen molar-refractivity contribution in [3.8, 4) is 16.9 Å². The molecule has 0 aromatic heterocycles. The van der Waals surface area contributed by atoms with Gasteiger partial charge in [0, 0.05) is 63.5 Å². The fourth-order valence-electron chi connectivity index (χ4n) is 5.61. The van der Waals surface area contributed by atoms with Gasteiger partial charge in [-0.3, -0.25) is 19.4 Å². The lowest BCUT2D eigenvalue weighted by atomic mass is 10.0. The Bertz CT molecular complexity index is 1740. The van der Waals surface area contributed by atoms with E-state index in [1.54, 1.807) is 24.3 Å². The molecule has 2 aliphatic heterocycles. The molecule has 3 aromatic carbocycles. The van der Waals surface area contributed by atoms with Crippen LogP contribution in [0, 0.1) is 17.6 Å². The zero-order valence-corrected chi connectivity index (χ0v) is 28.9. The summed E-state index contributed by atoms with van der Waals surface area (Å²) in [6, 6.07) is 14.7. The number of aromatic carboxylic acids is 1. The Labute approximate surface area is 293 Å². The summed E-state index contributed by atoms with van der Waals surface area (Å²) in [5.41, 5.74) is 2.19. The molecular formula is C36H38F2N4O5S2. The standard InChI is InChI=1S/C36H38F2N4O5S2/c1-23(2)22-41-15-13-40(14-16-41)17-18-47-31-10-6-25(26-5-9-29(37)30(38)20-26)19-27(31)21-32-34(44)42(36(48)49-32)12-11-33(43)39-28-7-3-24(4-8-28)35(45)46/h3-10,19-21,23H,11-18,22H2,1-2H3,(H,39,43)(H,45,46)/b32-21-. The number of halogens is 2. The number of nitrogens with one attached hydrogen (secondary N) is 1. The van der Waals surface area contributed by atoms with E-state index in [-0.39, 0.29) is 30.3 Å². The van der Waals surface area contributed by atoms with Crippen molar-refractivity contribution in [2.75, 3.05) is 57.7 Å². The highest BCUT2D eigenvalue weighted by molar-refractivity contribution is 8.26. The Morgan fingerprint density at radius 2 is 1.63 bits per heavy atom. The van der Waals surface area contributed by atoms with Crippen molar-refractivity contribution in [2.45, 2.75) is 20.3 Å². The molecule has 0 radical (unpaired) electrons. The molecule has 9 nitrogen and oxygen atoms in total. The van der Waals surface area contributed by atoms with Gasteiger partial charge in [-0.2, -0.15) is 0 Å². The number of amides is 2. The van der Waals surface area contributed by atoms with Crippen LogP contribution in [0.3, 0.4) is 0 Å². The monoisotopic (exact) mass is 708 g/mol. The Morgan fingerprint density at radius 3 is 2.31 bits per heavy atom. The van der Waals surface area contributed by atoms with Crippen molar-refractivity contribution >= 4 is 57.8 Å². The first-order chi connectivity index (χ1) is 23.5. The average Bonchev–Trinajstić information content (AvgIpc) is 3.33. The van der Waals surface area contributed by atoms with Gasteiger partial charge in [0.15, 0.2) is 11.6 Å². The third-order valence-electron chi connectivity index (χ3n) is 8.15. The molecule has 2 saturated heterocycles. The lowest BCUT2D eigenvalue weighted by Gasteiger charge is -2.35. The molecule has 0 aliphatic carbocycles. The minimum absolute atomic E-state index is 0.0356. The van der Waals surface area contributed by atoms with Gasteiger partial charge in [0.25, 0.3) is 5.91 Å². The minimum atomic E-state index is -1.07. The molecule has 3 aromatic rings. The zero-order valence-electron chi connectivity index (χ0n) is 27.3. The van der Waals surface area contributed by atoms with Crippen LogP contribution in [0.5, 0.6) is 5.75 Å². The van der Waals surface area contributed by atoms with Crippen LogP contribution in [-0.2, 0) is 9.59 Å². The van der Waals surface area contributed by atoms with E-state index in [2.05, 4.69) is 29.0 Å². The number of benzene rings is 3. The molecule has 2 fully saturated rings. The average molecular weight is 709 g/mol. The summed E-state index contributed by atoms with van der Waals surface area (Å²) in [6.45, 7) is 10.7. The van der Waals surface area contributed by atoms with Gasteiger partial charge in [-0.15, -0.1) is 0 Å². The summed E-state index contributed by atoms with van der Waals surface area (Å²) in [5, 5.41) is 11.8. The number of carboxylic acids is 1. The molecule has 2 N–H and O–H groups in total. The molecule has 2 aliphatic rings. The molecule has 13 heteroatoms. The second kappa shape index (κ2) is 16.5. The molecule has 0 saturated carbocycles. The molecule has 0 atom stereocenters. The lowest BCUT2D eigenvalue weighted by molar-refractivity contribution is -0.122. The molecular weight excluding hydrogens is 671 g/mol. The Morgan fingerprint density at radius 1 is 0.959 bits per heavy atom. The highest BCUT2D eigenvalue weighted by Gasteiger charge is 2.32. The second-order valence-electron chi connectivity index (χ2n) is 12.3. The highest BCUT2D eigenvalue weighted by Crippen LogP contribution is 2.36. The summed E-state index contributed by atoms with van der Waals surface area (Å²) in [4.78, 5) is 43.7. The van der Waals surface area contributed by atoms with Gasteiger partial charge in [-0.05, 0) is 71.7 Å². The fourth-order valence-corrected chi connectivity index (χ4v) is 6.91. The molecule has 5 rings (SSSR count). The number of carbonyl (C=O) groups is 3. The third-order valence-corrected chi connectivity index (χ3v) is 9.53. The van der Waals surface area contributed by atoms with E-state index in [9.17, 15) is 23.2 Å².